The zero-order valence-electron chi connectivity index (χ0n) is 27.5. The molecule has 4 heteroatoms. The standard InChI is InChI=1S/C46H33N3S/c1-2-11-30-29(10-1)31-19-18-28-26-42-37(27-36(28)38-15-5-7-23-47(38)25-22-40(31)48-24-8-6-16-39(30)48)33-13-9-14-35-44-41(49(42)45(33)35)21-20-34-32-12-3-4-17-43(32)50-46(34)44/h1-17,20-21,23-24,26-27,31,40H,18-19,22,25H2/q+2. The molecule has 50 heavy (non-hydrogen) atoms. The van der Waals surface area contributed by atoms with Gasteiger partial charge in [-0.2, -0.15) is 9.13 Å². The summed E-state index contributed by atoms with van der Waals surface area (Å²) in [5, 5.41) is 8.17. The molecule has 7 heterocycles. The molecule has 0 amide bonds. The van der Waals surface area contributed by atoms with Crippen molar-refractivity contribution in [2.45, 2.75) is 37.8 Å². The van der Waals surface area contributed by atoms with Crippen LogP contribution in [0.4, 0.5) is 0 Å². The third kappa shape index (κ3) is 3.54. The van der Waals surface area contributed by atoms with E-state index in [4.69, 9.17) is 0 Å². The molecule has 0 aliphatic carbocycles. The molecule has 0 radical (unpaired) electrons. The van der Waals surface area contributed by atoms with Crippen LogP contribution in [0.3, 0.4) is 0 Å². The Bertz CT molecular complexity index is 3020. The fourth-order valence-corrected chi connectivity index (χ4v) is 11.2. The molecule has 0 fully saturated rings. The highest BCUT2D eigenvalue weighted by Crippen LogP contribution is 2.47. The SMILES string of the molecule is c1ccc2c(c1)-c1cccc[n+]1C1CC[n+]3ccccc3-c3cc4c5cccc6c7c8sc9ccccc9c8ccc7n(c4cc3CCC21)c56. The molecule has 236 valence electrons. The Kier molecular flexibility index (Phi) is 5.45. The molecule has 0 saturated heterocycles. The number of para-hydroxylation sites is 1. The molecule has 5 aromatic heterocycles. The Balaban J connectivity index is 1.12. The molecule has 0 saturated carbocycles. The number of fused-ring (bicyclic) bond motifs is 19. The van der Waals surface area contributed by atoms with Gasteiger partial charge in [-0.3, -0.25) is 0 Å². The lowest BCUT2D eigenvalue weighted by Gasteiger charge is -2.31. The molecule has 0 N–H and O–H groups in total. The van der Waals surface area contributed by atoms with Crippen LogP contribution < -0.4 is 9.13 Å². The van der Waals surface area contributed by atoms with Crippen LogP contribution in [0.1, 0.15) is 35.9 Å². The second-order valence-corrected chi connectivity index (χ2v) is 15.4. The molecule has 3 nitrogen and oxygen atoms in total. The first-order valence-corrected chi connectivity index (χ1v) is 18.8. The van der Waals surface area contributed by atoms with Crippen LogP contribution in [0.15, 0.2) is 140 Å². The molecule has 2 atom stereocenters. The van der Waals surface area contributed by atoms with Gasteiger partial charge in [0.15, 0.2) is 25.0 Å². The highest BCUT2D eigenvalue weighted by atomic mass is 32.1. The van der Waals surface area contributed by atoms with Gasteiger partial charge in [-0.1, -0.05) is 60.7 Å². The van der Waals surface area contributed by atoms with Crippen LogP contribution in [-0.4, -0.2) is 4.40 Å². The molecule has 10 aromatic rings. The number of rotatable bonds is 0. The predicted octanol–water partition coefficient (Wildman–Crippen LogP) is 10.8. The smallest absolute Gasteiger partial charge is 0.213 e. The summed E-state index contributed by atoms with van der Waals surface area (Å²) < 4.78 is 10.4. The number of hydrogen-bond donors (Lipinski definition) is 0. The molecular formula is C46H33N3S+2. The van der Waals surface area contributed by atoms with Crippen molar-refractivity contribution < 1.29 is 9.13 Å². The minimum absolute atomic E-state index is 0.402. The van der Waals surface area contributed by atoms with Crippen LogP contribution in [-0.2, 0) is 13.0 Å². The molecule has 2 aliphatic heterocycles. The van der Waals surface area contributed by atoms with Crippen LogP contribution in [0.5, 0.6) is 0 Å². The first kappa shape index (κ1) is 27.3. The minimum atomic E-state index is 0.402. The van der Waals surface area contributed by atoms with E-state index in [-0.39, 0.29) is 0 Å². The number of thiophene rings is 1. The van der Waals surface area contributed by atoms with Crippen molar-refractivity contribution >= 4 is 69.6 Å². The number of benzene rings is 5. The Hall–Kier alpha value is -5.58. The second-order valence-electron chi connectivity index (χ2n) is 14.4. The molecule has 2 unspecified atom stereocenters. The van der Waals surface area contributed by atoms with Crippen molar-refractivity contribution in [3.05, 3.63) is 151 Å². The van der Waals surface area contributed by atoms with Crippen LogP contribution in [0.2, 0.25) is 0 Å². The maximum Gasteiger partial charge on any atom is 0.213 e. The third-order valence-corrected chi connectivity index (χ3v) is 13.2. The number of aromatic nitrogens is 3. The lowest BCUT2D eigenvalue weighted by atomic mass is 9.78. The minimum Gasteiger partial charge on any atom is -0.308 e. The monoisotopic (exact) mass is 659 g/mol. The quantitative estimate of drug-likeness (QED) is 0.144. The first-order chi connectivity index (χ1) is 24.8. The second kappa shape index (κ2) is 9.99. The zero-order valence-corrected chi connectivity index (χ0v) is 28.3. The maximum absolute atomic E-state index is 2.59. The van der Waals surface area contributed by atoms with Gasteiger partial charge in [-0.05, 0) is 66.4 Å². The van der Waals surface area contributed by atoms with E-state index < -0.39 is 0 Å². The lowest BCUT2D eigenvalue weighted by Crippen LogP contribution is -2.50. The van der Waals surface area contributed by atoms with Gasteiger partial charge in [0.1, 0.15) is 0 Å². The van der Waals surface area contributed by atoms with E-state index in [1.807, 2.05) is 11.3 Å². The molecule has 5 aromatic carbocycles. The fourth-order valence-electron chi connectivity index (χ4n) is 9.89. The van der Waals surface area contributed by atoms with Crippen LogP contribution >= 0.6 is 11.3 Å². The molecule has 12 rings (SSSR count). The summed E-state index contributed by atoms with van der Waals surface area (Å²) in [6, 6.07) is 48.7. The van der Waals surface area contributed by atoms with E-state index in [1.165, 1.54) is 91.9 Å². The van der Waals surface area contributed by atoms with Gasteiger partial charge in [-0.25, -0.2) is 0 Å². The van der Waals surface area contributed by atoms with Gasteiger partial charge in [-0.15, -0.1) is 11.3 Å². The summed E-state index contributed by atoms with van der Waals surface area (Å²) in [6.07, 6.45) is 7.84. The van der Waals surface area contributed by atoms with Gasteiger partial charge < -0.3 is 4.40 Å². The highest BCUT2D eigenvalue weighted by Gasteiger charge is 2.41. The maximum atomic E-state index is 2.59. The molecule has 0 bridgehead atoms. The predicted molar refractivity (Wildman–Crippen MR) is 206 cm³/mol. The van der Waals surface area contributed by atoms with Gasteiger partial charge in [0.05, 0.1) is 28.5 Å². The van der Waals surface area contributed by atoms with Gasteiger partial charge in [0.2, 0.25) is 11.4 Å². The van der Waals surface area contributed by atoms with Gasteiger partial charge in [0.25, 0.3) is 0 Å². The van der Waals surface area contributed by atoms with Crippen molar-refractivity contribution in [1.82, 2.24) is 4.40 Å². The Labute approximate surface area is 293 Å². The van der Waals surface area contributed by atoms with E-state index in [9.17, 15) is 0 Å². The fraction of sp³-hybridized carbons (Fsp3) is 0.130. The summed E-state index contributed by atoms with van der Waals surface area (Å²) in [6.45, 7) is 0.975. The first-order valence-electron chi connectivity index (χ1n) is 18.0. The lowest BCUT2D eigenvalue weighted by molar-refractivity contribution is -0.738. The summed E-state index contributed by atoms with van der Waals surface area (Å²) in [5.74, 6) is 0.440. The van der Waals surface area contributed by atoms with Crippen molar-refractivity contribution in [3.63, 3.8) is 0 Å². The Morgan fingerprint density at radius 2 is 1.42 bits per heavy atom. The van der Waals surface area contributed by atoms with E-state index in [0.717, 1.165) is 25.8 Å². The van der Waals surface area contributed by atoms with Crippen LogP contribution in [0, 0.1) is 0 Å². The number of nitrogens with zero attached hydrogens (tertiary/aromatic N) is 3. The largest absolute Gasteiger partial charge is 0.308 e. The topological polar surface area (TPSA) is 12.2 Å². The van der Waals surface area contributed by atoms with E-state index in [2.05, 4.69) is 153 Å². The average Bonchev–Trinajstić information content (AvgIpc) is 3.83. The van der Waals surface area contributed by atoms with Crippen molar-refractivity contribution in [1.29, 1.82) is 0 Å². The Morgan fingerprint density at radius 1 is 0.600 bits per heavy atom. The number of pyridine rings is 2. The van der Waals surface area contributed by atoms with Crippen molar-refractivity contribution in [3.8, 4) is 22.5 Å². The van der Waals surface area contributed by atoms with Crippen molar-refractivity contribution in [2.24, 2.45) is 0 Å². The number of hydrogen-bond acceptors (Lipinski definition) is 1. The zero-order chi connectivity index (χ0) is 32.5. The molecular weight excluding hydrogens is 627 g/mol. The van der Waals surface area contributed by atoms with E-state index >= 15 is 0 Å². The van der Waals surface area contributed by atoms with Gasteiger partial charge in [0, 0.05) is 77.5 Å². The third-order valence-electron chi connectivity index (χ3n) is 12.0. The number of aryl methyl sites for hydroxylation is 2. The van der Waals surface area contributed by atoms with E-state index in [0.29, 0.717) is 12.0 Å². The molecule has 0 spiro atoms. The normalized spacial score (nSPS) is 17.3. The summed E-state index contributed by atoms with van der Waals surface area (Å²) in [5.41, 5.74) is 12.4. The summed E-state index contributed by atoms with van der Waals surface area (Å²) >= 11 is 1.94. The Morgan fingerprint density at radius 3 is 2.40 bits per heavy atom. The van der Waals surface area contributed by atoms with Gasteiger partial charge >= 0.3 is 0 Å². The average molecular weight is 660 g/mol. The molecule has 2 aliphatic rings. The highest BCUT2D eigenvalue weighted by molar-refractivity contribution is 7.26. The summed E-state index contributed by atoms with van der Waals surface area (Å²) in [7, 11) is 0. The van der Waals surface area contributed by atoms with E-state index in [1.54, 1.807) is 0 Å². The van der Waals surface area contributed by atoms with Crippen LogP contribution in [0.25, 0.3) is 80.8 Å². The van der Waals surface area contributed by atoms with Crippen molar-refractivity contribution in [2.75, 3.05) is 0 Å². The summed E-state index contributed by atoms with van der Waals surface area (Å²) in [4.78, 5) is 0.